The smallest absolute Gasteiger partial charge is 0.177 e. The Labute approximate surface area is 138 Å². The van der Waals surface area contributed by atoms with E-state index < -0.39 is 5.82 Å². The van der Waals surface area contributed by atoms with Gasteiger partial charge in [-0.2, -0.15) is 0 Å². The molecular weight excluding hydrogens is 369 g/mol. The van der Waals surface area contributed by atoms with E-state index in [1.807, 2.05) is 6.07 Å². The van der Waals surface area contributed by atoms with Crippen LogP contribution in [0.25, 0.3) is 10.9 Å². The van der Waals surface area contributed by atoms with Gasteiger partial charge < -0.3 is 9.72 Å². The van der Waals surface area contributed by atoms with Gasteiger partial charge in [0.2, 0.25) is 0 Å². The zero-order valence-electron chi connectivity index (χ0n) is 11.5. The van der Waals surface area contributed by atoms with Gasteiger partial charge in [0, 0.05) is 35.4 Å². The number of ether oxygens (including phenoxy) is 1. The Morgan fingerprint density at radius 2 is 2.23 bits per heavy atom. The van der Waals surface area contributed by atoms with Crippen LogP contribution in [-0.4, -0.2) is 21.3 Å². The molecule has 0 aliphatic heterocycles. The molecule has 0 atom stereocenters. The van der Waals surface area contributed by atoms with Crippen LogP contribution in [-0.2, 0) is 0 Å². The summed E-state index contributed by atoms with van der Waals surface area (Å²) in [6.07, 6.45) is 5.08. The average molecular weight is 380 g/mol. The van der Waals surface area contributed by atoms with E-state index in [2.05, 4.69) is 25.9 Å². The van der Waals surface area contributed by atoms with E-state index in [1.54, 1.807) is 24.6 Å². The number of nitrogens with zero attached hydrogens (tertiary/aromatic N) is 1. The third-order valence-electron chi connectivity index (χ3n) is 3.09. The van der Waals surface area contributed by atoms with Gasteiger partial charge in [0.05, 0.1) is 10.2 Å². The number of H-pyrrole nitrogens is 1. The minimum absolute atomic E-state index is 0.111. The van der Waals surface area contributed by atoms with Crippen molar-refractivity contribution < 1.29 is 9.13 Å². The molecule has 2 N–H and O–H groups in total. The lowest BCUT2D eigenvalue weighted by atomic mass is 10.2. The number of pyridine rings is 1. The summed E-state index contributed by atoms with van der Waals surface area (Å²) >= 11 is 4.66. The number of aromatic amines is 1. The molecule has 0 fully saturated rings. The molecule has 1 aromatic carbocycles. The number of hydrogen-bond donors (Lipinski definition) is 2. The van der Waals surface area contributed by atoms with Crippen molar-refractivity contribution in [1.82, 2.24) is 9.97 Å². The number of nitrogens with one attached hydrogen (secondary N) is 2. The number of halogens is 2. The Morgan fingerprint density at radius 1 is 1.41 bits per heavy atom. The summed E-state index contributed by atoms with van der Waals surface area (Å²) in [4.78, 5) is 7.06. The SMILES string of the molecule is CSC(=N)c1cc(Oc2c(F)cc3[nH]ccc3c2Br)ccn1. The molecule has 0 unspecified atom stereocenters. The highest BCUT2D eigenvalue weighted by molar-refractivity contribution is 9.10. The fourth-order valence-electron chi connectivity index (χ4n) is 2.03. The summed E-state index contributed by atoms with van der Waals surface area (Å²) in [6.45, 7) is 0. The molecule has 3 rings (SSSR count). The first-order chi connectivity index (χ1) is 10.6. The van der Waals surface area contributed by atoms with E-state index in [-0.39, 0.29) is 5.75 Å². The van der Waals surface area contributed by atoms with Crippen molar-refractivity contribution in [3.63, 3.8) is 0 Å². The molecule has 22 heavy (non-hydrogen) atoms. The number of rotatable bonds is 3. The predicted molar refractivity (Wildman–Crippen MR) is 90.6 cm³/mol. The lowest BCUT2D eigenvalue weighted by Gasteiger charge is -2.10. The van der Waals surface area contributed by atoms with E-state index in [0.717, 1.165) is 5.39 Å². The van der Waals surface area contributed by atoms with Gasteiger partial charge in [0.1, 0.15) is 10.8 Å². The Balaban J connectivity index is 2.01. The second-order valence-corrected chi connectivity index (χ2v) is 6.06. The predicted octanol–water partition coefficient (Wildman–Crippen LogP) is 4.95. The van der Waals surface area contributed by atoms with Crippen LogP contribution in [0, 0.1) is 11.2 Å². The fourth-order valence-corrected chi connectivity index (χ4v) is 2.96. The van der Waals surface area contributed by atoms with Crippen LogP contribution in [0.15, 0.2) is 41.1 Å². The Kier molecular flexibility index (Phi) is 4.17. The third kappa shape index (κ3) is 2.74. The molecule has 0 spiro atoms. The van der Waals surface area contributed by atoms with Crippen LogP contribution >= 0.6 is 27.7 Å². The molecule has 0 bridgehead atoms. The van der Waals surface area contributed by atoms with Gasteiger partial charge in [0.25, 0.3) is 0 Å². The highest BCUT2D eigenvalue weighted by atomic mass is 79.9. The van der Waals surface area contributed by atoms with Gasteiger partial charge in [-0.3, -0.25) is 10.4 Å². The van der Waals surface area contributed by atoms with Gasteiger partial charge in [-0.15, -0.1) is 11.8 Å². The molecule has 0 radical (unpaired) electrons. The highest BCUT2D eigenvalue weighted by Gasteiger charge is 2.15. The summed E-state index contributed by atoms with van der Waals surface area (Å²) in [7, 11) is 0. The summed E-state index contributed by atoms with van der Waals surface area (Å²) < 4.78 is 20.4. The van der Waals surface area contributed by atoms with Gasteiger partial charge in [-0.05, 0) is 34.3 Å². The number of thioether (sulfide) groups is 1. The van der Waals surface area contributed by atoms with E-state index in [0.29, 0.717) is 26.5 Å². The van der Waals surface area contributed by atoms with Crippen LogP contribution in [0.4, 0.5) is 4.39 Å². The van der Waals surface area contributed by atoms with Gasteiger partial charge in [-0.1, -0.05) is 0 Å². The quantitative estimate of drug-likeness (QED) is 0.500. The largest absolute Gasteiger partial charge is 0.453 e. The van der Waals surface area contributed by atoms with Gasteiger partial charge in [0.15, 0.2) is 11.6 Å². The van der Waals surface area contributed by atoms with Crippen molar-refractivity contribution in [1.29, 1.82) is 5.41 Å². The lowest BCUT2D eigenvalue weighted by Crippen LogP contribution is -1.98. The Bertz CT molecular complexity index is 865. The van der Waals surface area contributed by atoms with Crippen molar-refractivity contribution in [3.05, 3.63) is 52.6 Å². The Morgan fingerprint density at radius 3 is 3.00 bits per heavy atom. The van der Waals surface area contributed by atoms with Crippen LogP contribution in [0.5, 0.6) is 11.5 Å². The molecule has 0 saturated carbocycles. The summed E-state index contributed by atoms with van der Waals surface area (Å²) in [5.41, 5.74) is 1.18. The number of benzene rings is 1. The van der Waals surface area contributed by atoms with E-state index in [9.17, 15) is 4.39 Å². The van der Waals surface area contributed by atoms with E-state index >= 15 is 0 Å². The molecule has 3 aromatic rings. The first kappa shape index (κ1) is 15.1. The van der Waals surface area contributed by atoms with E-state index in [1.165, 1.54) is 24.0 Å². The summed E-state index contributed by atoms with van der Waals surface area (Å²) in [5, 5.41) is 8.94. The van der Waals surface area contributed by atoms with Crippen molar-refractivity contribution in [2.45, 2.75) is 0 Å². The summed E-state index contributed by atoms with van der Waals surface area (Å²) in [5.74, 6) is 0.0679. The molecule has 7 heteroatoms. The first-order valence-electron chi connectivity index (χ1n) is 6.32. The highest BCUT2D eigenvalue weighted by Crippen LogP contribution is 2.38. The zero-order valence-corrected chi connectivity index (χ0v) is 13.9. The second kappa shape index (κ2) is 6.10. The molecule has 2 aromatic heterocycles. The standard InChI is InChI=1S/C15H11BrFN3OS/c1-22-15(18)12-6-8(2-4-20-12)21-14-10(17)7-11-9(13(14)16)3-5-19-11/h2-7,18-19H,1H3. The monoisotopic (exact) mass is 379 g/mol. The fraction of sp³-hybridized carbons (Fsp3) is 0.0667. The van der Waals surface area contributed by atoms with Crippen LogP contribution < -0.4 is 4.74 Å². The van der Waals surface area contributed by atoms with Crippen LogP contribution in [0.3, 0.4) is 0 Å². The summed E-state index contributed by atoms with van der Waals surface area (Å²) in [6, 6.07) is 6.48. The van der Waals surface area contributed by atoms with Crippen LogP contribution in [0.1, 0.15) is 5.69 Å². The average Bonchev–Trinajstić information content (AvgIpc) is 2.99. The zero-order chi connectivity index (χ0) is 15.7. The normalized spacial score (nSPS) is 10.9. The third-order valence-corrected chi connectivity index (χ3v) is 4.50. The maximum Gasteiger partial charge on any atom is 0.177 e. The Hall–Kier alpha value is -1.86. The maximum atomic E-state index is 14.2. The number of aromatic nitrogens is 2. The molecule has 0 saturated heterocycles. The van der Waals surface area contributed by atoms with Crippen molar-refractivity contribution in [2.24, 2.45) is 0 Å². The minimum atomic E-state index is -0.472. The number of fused-ring (bicyclic) bond motifs is 1. The van der Waals surface area contributed by atoms with Gasteiger partial charge in [-0.25, -0.2) is 4.39 Å². The second-order valence-electron chi connectivity index (χ2n) is 4.45. The minimum Gasteiger partial charge on any atom is -0.453 e. The lowest BCUT2D eigenvalue weighted by molar-refractivity contribution is 0.440. The van der Waals surface area contributed by atoms with E-state index in [4.69, 9.17) is 10.1 Å². The van der Waals surface area contributed by atoms with Crippen LogP contribution in [0.2, 0.25) is 0 Å². The topological polar surface area (TPSA) is 61.8 Å². The molecular formula is C15H11BrFN3OS. The molecule has 2 heterocycles. The molecule has 0 aliphatic carbocycles. The van der Waals surface area contributed by atoms with Crippen molar-refractivity contribution >= 4 is 43.6 Å². The molecule has 0 aliphatic rings. The first-order valence-corrected chi connectivity index (χ1v) is 8.34. The van der Waals surface area contributed by atoms with Gasteiger partial charge >= 0.3 is 0 Å². The number of hydrogen-bond acceptors (Lipinski definition) is 4. The molecule has 0 amide bonds. The van der Waals surface area contributed by atoms with Crippen molar-refractivity contribution in [3.8, 4) is 11.5 Å². The van der Waals surface area contributed by atoms with Crippen molar-refractivity contribution in [2.75, 3.05) is 6.26 Å². The molecule has 4 nitrogen and oxygen atoms in total. The maximum absolute atomic E-state index is 14.2. The molecule has 112 valence electrons.